The van der Waals surface area contributed by atoms with Crippen LogP contribution < -0.4 is 10.5 Å². The van der Waals surface area contributed by atoms with E-state index < -0.39 is 6.04 Å². The predicted molar refractivity (Wildman–Crippen MR) is 123 cm³/mol. The van der Waals surface area contributed by atoms with Crippen molar-refractivity contribution in [2.75, 3.05) is 20.3 Å². The summed E-state index contributed by atoms with van der Waals surface area (Å²) in [5.41, 5.74) is 10.1. The minimum atomic E-state index is -0.427. The molecule has 4 aromatic rings. The molecule has 9 heteroatoms. The molecular weight excluding hydrogens is 422 g/mol. The molecule has 3 heterocycles. The fraction of sp³-hybridized carbons (Fsp3) is 0.333. The zero-order chi connectivity index (χ0) is 23.4. The second-order valence-electron chi connectivity index (χ2n) is 7.91. The van der Waals surface area contributed by atoms with Crippen molar-refractivity contribution in [1.82, 2.24) is 20.1 Å². The quantitative estimate of drug-likeness (QED) is 0.275. The number of pyridine rings is 1. The lowest BCUT2D eigenvalue weighted by atomic mass is 10.1. The first kappa shape index (κ1) is 22.6. The number of Topliss-reactive ketones (excluding diaryl/α,β-unsaturated/α-hetero) is 1. The summed E-state index contributed by atoms with van der Waals surface area (Å²) in [4.78, 5) is 24.3. The number of benzene rings is 1. The second-order valence-corrected chi connectivity index (χ2v) is 7.91. The number of imidazole rings is 1. The van der Waals surface area contributed by atoms with E-state index in [4.69, 9.17) is 19.7 Å². The van der Waals surface area contributed by atoms with Crippen LogP contribution in [0.1, 0.15) is 46.7 Å². The SMILES string of the molecule is COc1cc2nc(C)ccc2cc1-c1cnc([C@@H](N)COCCCC(=O)c2cc(C)on2)[nH]1. The van der Waals surface area contributed by atoms with Crippen LogP contribution in [0.2, 0.25) is 0 Å². The first-order chi connectivity index (χ1) is 15.9. The van der Waals surface area contributed by atoms with Crippen molar-refractivity contribution < 1.29 is 18.8 Å². The van der Waals surface area contributed by atoms with Crippen LogP contribution in [0.5, 0.6) is 5.75 Å². The van der Waals surface area contributed by atoms with E-state index in [0.29, 0.717) is 42.5 Å². The molecule has 1 aromatic carbocycles. The number of aromatic nitrogens is 4. The number of rotatable bonds is 10. The summed E-state index contributed by atoms with van der Waals surface area (Å²) in [6.07, 6.45) is 2.64. The number of hydrogen-bond acceptors (Lipinski definition) is 8. The van der Waals surface area contributed by atoms with Crippen LogP contribution in [0.25, 0.3) is 22.2 Å². The average Bonchev–Trinajstić information content (AvgIpc) is 3.47. The summed E-state index contributed by atoms with van der Waals surface area (Å²) in [6, 6.07) is 9.16. The van der Waals surface area contributed by atoms with Crippen molar-refractivity contribution in [3.8, 4) is 17.0 Å². The monoisotopic (exact) mass is 449 g/mol. The molecule has 33 heavy (non-hydrogen) atoms. The molecule has 0 aliphatic heterocycles. The van der Waals surface area contributed by atoms with Crippen molar-refractivity contribution in [2.45, 2.75) is 32.7 Å². The van der Waals surface area contributed by atoms with Crippen molar-refractivity contribution in [3.05, 3.63) is 59.5 Å². The van der Waals surface area contributed by atoms with Crippen molar-refractivity contribution in [2.24, 2.45) is 5.73 Å². The van der Waals surface area contributed by atoms with Gasteiger partial charge in [0.15, 0.2) is 5.78 Å². The fourth-order valence-electron chi connectivity index (χ4n) is 3.54. The van der Waals surface area contributed by atoms with Gasteiger partial charge in [0.1, 0.15) is 23.0 Å². The third-order valence-electron chi connectivity index (χ3n) is 5.29. The number of aryl methyl sites for hydroxylation is 2. The number of ketones is 1. The van der Waals surface area contributed by atoms with Crippen LogP contribution in [-0.4, -0.2) is 46.2 Å². The Balaban J connectivity index is 1.34. The van der Waals surface area contributed by atoms with Crippen LogP contribution in [0.4, 0.5) is 0 Å². The minimum Gasteiger partial charge on any atom is -0.496 e. The molecule has 9 nitrogen and oxygen atoms in total. The Kier molecular flexibility index (Phi) is 6.81. The minimum absolute atomic E-state index is 0.0647. The molecule has 0 fully saturated rings. The standard InChI is InChI=1S/C24H27N5O4/c1-14-6-7-16-10-17(23(31-3)11-19(16)27-14)21-12-26-24(28-21)18(25)13-32-8-4-5-22(30)20-9-15(2)33-29-20/h6-7,9-12,18H,4-5,8,13,25H2,1-3H3,(H,26,28)/t18-/m0/s1. The average molecular weight is 450 g/mol. The molecule has 3 N–H and O–H groups in total. The number of carbonyl (C=O) groups is 1. The number of hydrogen-bond donors (Lipinski definition) is 2. The highest BCUT2D eigenvalue weighted by molar-refractivity contribution is 5.94. The molecule has 0 saturated carbocycles. The van der Waals surface area contributed by atoms with Gasteiger partial charge in [-0.15, -0.1) is 0 Å². The first-order valence-electron chi connectivity index (χ1n) is 10.7. The highest BCUT2D eigenvalue weighted by atomic mass is 16.5. The zero-order valence-corrected chi connectivity index (χ0v) is 18.9. The fourth-order valence-corrected chi connectivity index (χ4v) is 3.54. The highest BCUT2D eigenvalue weighted by Gasteiger charge is 2.16. The molecule has 172 valence electrons. The second kappa shape index (κ2) is 9.93. The number of nitrogens with two attached hydrogens (primary N) is 1. The summed E-state index contributed by atoms with van der Waals surface area (Å²) in [5, 5.41) is 4.74. The molecule has 0 saturated heterocycles. The number of nitrogens with zero attached hydrogens (tertiary/aromatic N) is 3. The summed E-state index contributed by atoms with van der Waals surface area (Å²) < 4.78 is 16.2. The van der Waals surface area contributed by atoms with Gasteiger partial charge in [0, 0.05) is 41.8 Å². The maximum atomic E-state index is 12.0. The maximum absolute atomic E-state index is 12.0. The van der Waals surface area contributed by atoms with Crippen LogP contribution in [0, 0.1) is 13.8 Å². The molecule has 0 amide bonds. The van der Waals surface area contributed by atoms with Gasteiger partial charge >= 0.3 is 0 Å². The Bertz CT molecular complexity index is 1260. The smallest absolute Gasteiger partial charge is 0.184 e. The maximum Gasteiger partial charge on any atom is 0.184 e. The Hall–Kier alpha value is -3.56. The number of aromatic amines is 1. The largest absolute Gasteiger partial charge is 0.496 e. The third kappa shape index (κ3) is 5.27. The number of carbonyl (C=O) groups excluding carboxylic acids is 1. The van der Waals surface area contributed by atoms with Gasteiger partial charge in [-0.1, -0.05) is 11.2 Å². The molecule has 0 aliphatic rings. The van der Waals surface area contributed by atoms with Gasteiger partial charge in [-0.3, -0.25) is 9.78 Å². The van der Waals surface area contributed by atoms with Crippen LogP contribution in [0.3, 0.4) is 0 Å². The Morgan fingerprint density at radius 3 is 2.85 bits per heavy atom. The number of ether oxygens (including phenoxy) is 2. The van der Waals surface area contributed by atoms with E-state index in [1.165, 1.54) is 0 Å². The van der Waals surface area contributed by atoms with E-state index >= 15 is 0 Å². The normalized spacial score (nSPS) is 12.2. The highest BCUT2D eigenvalue weighted by Crippen LogP contribution is 2.33. The summed E-state index contributed by atoms with van der Waals surface area (Å²) in [7, 11) is 1.63. The Morgan fingerprint density at radius 1 is 1.24 bits per heavy atom. The third-order valence-corrected chi connectivity index (χ3v) is 5.29. The van der Waals surface area contributed by atoms with Gasteiger partial charge in [-0.25, -0.2) is 4.98 Å². The van der Waals surface area contributed by atoms with Gasteiger partial charge in [0.05, 0.1) is 37.2 Å². The molecule has 0 spiro atoms. The lowest BCUT2D eigenvalue weighted by molar-refractivity contribution is 0.0911. The van der Waals surface area contributed by atoms with Crippen LogP contribution >= 0.6 is 0 Å². The lowest BCUT2D eigenvalue weighted by Gasteiger charge is -2.11. The van der Waals surface area contributed by atoms with E-state index in [1.807, 2.05) is 31.2 Å². The summed E-state index contributed by atoms with van der Waals surface area (Å²) in [5.74, 6) is 1.87. The van der Waals surface area contributed by atoms with Crippen molar-refractivity contribution in [3.63, 3.8) is 0 Å². The van der Waals surface area contributed by atoms with Gasteiger partial charge < -0.3 is 24.7 Å². The summed E-state index contributed by atoms with van der Waals surface area (Å²) in [6.45, 7) is 4.40. The molecule has 4 rings (SSSR count). The molecule has 0 bridgehead atoms. The zero-order valence-electron chi connectivity index (χ0n) is 18.9. The number of methoxy groups -OCH3 is 1. The topological polar surface area (TPSA) is 129 Å². The van der Waals surface area contributed by atoms with Gasteiger partial charge in [0.25, 0.3) is 0 Å². The van der Waals surface area contributed by atoms with Crippen LogP contribution in [-0.2, 0) is 4.74 Å². The molecule has 0 unspecified atom stereocenters. The summed E-state index contributed by atoms with van der Waals surface area (Å²) >= 11 is 0. The Labute approximate surface area is 191 Å². The Morgan fingerprint density at radius 2 is 2.09 bits per heavy atom. The van der Waals surface area contributed by atoms with E-state index in [2.05, 4.69) is 20.1 Å². The van der Waals surface area contributed by atoms with E-state index in [0.717, 1.165) is 27.9 Å². The lowest BCUT2D eigenvalue weighted by Crippen LogP contribution is -2.19. The van der Waals surface area contributed by atoms with Crippen molar-refractivity contribution in [1.29, 1.82) is 0 Å². The van der Waals surface area contributed by atoms with Crippen molar-refractivity contribution >= 4 is 16.7 Å². The molecule has 3 aromatic heterocycles. The van der Waals surface area contributed by atoms with Gasteiger partial charge in [-0.2, -0.15) is 0 Å². The first-order valence-corrected chi connectivity index (χ1v) is 10.7. The molecular formula is C24H27N5O4. The van der Waals surface area contributed by atoms with E-state index in [-0.39, 0.29) is 12.4 Å². The van der Waals surface area contributed by atoms with Gasteiger partial charge in [0.2, 0.25) is 0 Å². The van der Waals surface area contributed by atoms with Gasteiger partial charge in [-0.05, 0) is 32.4 Å². The van der Waals surface area contributed by atoms with Crippen LogP contribution in [0.15, 0.2) is 41.1 Å². The predicted octanol–water partition coefficient (Wildman–Crippen LogP) is 3.92. The molecule has 0 aliphatic carbocycles. The molecule has 1 atom stereocenters. The van der Waals surface area contributed by atoms with E-state index in [9.17, 15) is 4.79 Å². The molecule has 0 radical (unpaired) electrons. The number of fused-ring (bicyclic) bond motifs is 1. The number of nitrogens with one attached hydrogen (secondary N) is 1. The number of H-pyrrole nitrogens is 1. The van der Waals surface area contributed by atoms with E-state index in [1.54, 1.807) is 26.3 Å².